The highest BCUT2D eigenvalue weighted by Crippen LogP contribution is 2.46. The SMILES string of the molecule is COC(=O)N1CCC[C@]2(NS(=O)(=O)c3ccccc3)c3ccccc3N[C@H]12. The Morgan fingerprint density at radius 3 is 2.63 bits per heavy atom. The molecule has 142 valence electrons. The number of para-hydroxylation sites is 1. The number of benzene rings is 2. The van der Waals surface area contributed by atoms with Gasteiger partial charge in [-0.2, -0.15) is 4.72 Å². The van der Waals surface area contributed by atoms with E-state index in [1.165, 1.54) is 7.11 Å². The van der Waals surface area contributed by atoms with Crippen molar-refractivity contribution in [3.63, 3.8) is 0 Å². The predicted molar refractivity (Wildman–Crippen MR) is 101 cm³/mol. The number of nitrogens with one attached hydrogen (secondary N) is 2. The van der Waals surface area contributed by atoms with Gasteiger partial charge in [0.25, 0.3) is 0 Å². The van der Waals surface area contributed by atoms with Crippen LogP contribution in [-0.2, 0) is 20.3 Å². The molecule has 4 rings (SSSR count). The first-order chi connectivity index (χ1) is 13.0. The molecule has 2 aromatic rings. The number of likely N-dealkylation sites (tertiary alicyclic amines) is 1. The van der Waals surface area contributed by atoms with Gasteiger partial charge in [0, 0.05) is 17.8 Å². The zero-order valence-corrected chi connectivity index (χ0v) is 15.7. The topological polar surface area (TPSA) is 87.7 Å². The second-order valence-electron chi connectivity index (χ2n) is 6.75. The summed E-state index contributed by atoms with van der Waals surface area (Å²) < 4.78 is 34.1. The number of piperidine rings is 1. The van der Waals surface area contributed by atoms with Crippen molar-refractivity contribution in [2.24, 2.45) is 0 Å². The van der Waals surface area contributed by atoms with E-state index in [1.54, 1.807) is 35.2 Å². The lowest BCUT2D eigenvalue weighted by molar-refractivity contribution is 0.0622. The minimum atomic E-state index is -3.79. The van der Waals surface area contributed by atoms with E-state index in [0.717, 1.165) is 11.3 Å². The minimum Gasteiger partial charge on any atom is -0.453 e. The first-order valence-electron chi connectivity index (χ1n) is 8.78. The number of ether oxygens (including phenoxy) is 1. The number of hydrogen-bond donors (Lipinski definition) is 2. The van der Waals surface area contributed by atoms with Crippen LogP contribution < -0.4 is 10.0 Å². The Hall–Kier alpha value is -2.58. The quantitative estimate of drug-likeness (QED) is 0.845. The van der Waals surface area contributed by atoms with Gasteiger partial charge in [-0.3, -0.25) is 4.90 Å². The molecule has 1 fully saturated rings. The third kappa shape index (κ3) is 2.85. The molecular weight excluding hydrogens is 366 g/mol. The van der Waals surface area contributed by atoms with Crippen molar-refractivity contribution in [1.29, 1.82) is 0 Å². The molecule has 2 aliphatic rings. The van der Waals surface area contributed by atoms with Crippen LogP contribution in [0.15, 0.2) is 59.5 Å². The maximum atomic E-state index is 13.1. The summed E-state index contributed by atoms with van der Waals surface area (Å²) in [5.74, 6) is 0. The number of carbonyl (C=O) groups is 1. The van der Waals surface area contributed by atoms with Crippen molar-refractivity contribution in [1.82, 2.24) is 9.62 Å². The third-order valence-corrected chi connectivity index (χ3v) is 6.75. The van der Waals surface area contributed by atoms with Crippen LogP contribution >= 0.6 is 0 Å². The largest absolute Gasteiger partial charge is 0.453 e. The second kappa shape index (κ2) is 6.54. The molecule has 0 unspecified atom stereocenters. The average molecular weight is 387 g/mol. The number of amides is 1. The number of methoxy groups -OCH3 is 1. The lowest BCUT2D eigenvalue weighted by Gasteiger charge is -2.45. The molecule has 8 heteroatoms. The Balaban J connectivity index is 1.81. The average Bonchev–Trinajstić information content (AvgIpc) is 3.01. The molecule has 0 saturated carbocycles. The number of fused-ring (bicyclic) bond motifs is 3. The predicted octanol–water partition coefficient (Wildman–Crippen LogP) is 2.47. The van der Waals surface area contributed by atoms with Crippen LogP contribution in [0.25, 0.3) is 0 Å². The molecule has 0 radical (unpaired) electrons. The van der Waals surface area contributed by atoms with E-state index in [4.69, 9.17) is 4.74 Å². The summed E-state index contributed by atoms with van der Waals surface area (Å²) in [6, 6.07) is 15.8. The molecule has 2 aliphatic heterocycles. The summed E-state index contributed by atoms with van der Waals surface area (Å²) in [7, 11) is -2.46. The molecular formula is C19H21N3O4S. The van der Waals surface area contributed by atoms with Gasteiger partial charge in [-0.1, -0.05) is 36.4 Å². The maximum absolute atomic E-state index is 13.1. The van der Waals surface area contributed by atoms with Crippen LogP contribution in [0.5, 0.6) is 0 Å². The van der Waals surface area contributed by atoms with Crippen LogP contribution in [0.3, 0.4) is 0 Å². The van der Waals surface area contributed by atoms with E-state index >= 15 is 0 Å². The van der Waals surface area contributed by atoms with Crippen molar-refractivity contribution < 1.29 is 17.9 Å². The van der Waals surface area contributed by atoms with Gasteiger partial charge in [0.05, 0.1) is 17.5 Å². The lowest BCUT2D eigenvalue weighted by atomic mass is 9.82. The van der Waals surface area contributed by atoms with Crippen molar-refractivity contribution >= 4 is 21.8 Å². The zero-order chi connectivity index (χ0) is 19.1. The maximum Gasteiger partial charge on any atom is 0.411 e. The molecule has 0 bridgehead atoms. The fraction of sp³-hybridized carbons (Fsp3) is 0.316. The van der Waals surface area contributed by atoms with Crippen LogP contribution in [0.1, 0.15) is 18.4 Å². The zero-order valence-electron chi connectivity index (χ0n) is 14.9. The van der Waals surface area contributed by atoms with Gasteiger partial charge in [0.15, 0.2) is 0 Å². The highest BCUT2D eigenvalue weighted by molar-refractivity contribution is 7.89. The summed E-state index contributed by atoms with van der Waals surface area (Å²) in [5, 5.41) is 3.31. The normalized spacial score (nSPS) is 23.9. The van der Waals surface area contributed by atoms with Gasteiger partial charge in [-0.15, -0.1) is 0 Å². The molecule has 2 aromatic carbocycles. The second-order valence-corrected chi connectivity index (χ2v) is 8.43. The Bertz CT molecular complexity index is 964. The van der Waals surface area contributed by atoms with Gasteiger partial charge >= 0.3 is 6.09 Å². The van der Waals surface area contributed by atoms with Crippen LogP contribution in [0, 0.1) is 0 Å². The molecule has 7 nitrogen and oxygen atoms in total. The van der Waals surface area contributed by atoms with Crippen LogP contribution in [0.4, 0.5) is 10.5 Å². The fourth-order valence-corrected chi connectivity index (χ4v) is 5.50. The smallest absolute Gasteiger partial charge is 0.411 e. The van der Waals surface area contributed by atoms with Gasteiger partial charge in [0.2, 0.25) is 10.0 Å². The lowest BCUT2D eigenvalue weighted by Crippen LogP contribution is -2.63. The summed E-state index contributed by atoms with van der Waals surface area (Å²) >= 11 is 0. The van der Waals surface area contributed by atoms with E-state index in [2.05, 4.69) is 10.0 Å². The van der Waals surface area contributed by atoms with Crippen molar-refractivity contribution in [3.05, 3.63) is 60.2 Å². The van der Waals surface area contributed by atoms with Gasteiger partial charge in [0.1, 0.15) is 6.17 Å². The van der Waals surface area contributed by atoms with Crippen molar-refractivity contribution in [2.75, 3.05) is 19.0 Å². The highest BCUT2D eigenvalue weighted by Gasteiger charge is 2.55. The Morgan fingerprint density at radius 2 is 1.89 bits per heavy atom. The fourth-order valence-electron chi connectivity index (χ4n) is 4.06. The van der Waals surface area contributed by atoms with E-state index in [0.29, 0.717) is 19.4 Å². The molecule has 0 aliphatic carbocycles. The number of carbonyl (C=O) groups excluding carboxylic acids is 1. The summed E-state index contributed by atoms with van der Waals surface area (Å²) in [4.78, 5) is 14.1. The minimum absolute atomic E-state index is 0.192. The van der Waals surface area contributed by atoms with Crippen molar-refractivity contribution in [3.8, 4) is 0 Å². The monoisotopic (exact) mass is 387 g/mol. The standard InChI is InChI=1S/C19H21N3O4S/c1-26-18(23)22-13-7-12-19(15-10-5-6-11-16(15)20-17(19)22)21-27(24,25)14-8-3-2-4-9-14/h2-6,8-11,17,20-21H,7,12-13H2,1H3/t17-,19+/m1/s1. The molecule has 1 saturated heterocycles. The third-order valence-electron chi connectivity index (χ3n) is 5.23. The van der Waals surface area contributed by atoms with Crippen molar-refractivity contribution in [2.45, 2.75) is 29.4 Å². The first kappa shape index (κ1) is 17.8. The Labute approximate surface area is 158 Å². The molecule has 1 amide bonds. The van der Waals surface area contributed by atoms with Crippen LogP contribution in [0.2, 0.25) is 0 Å². The number of rotatable bonds is 3. The van der Waals surface area contributed by atoms with E-state index in [-0.39, 0.29) is 4.90 Å². The van der Waals surface area contributed by atoms with Crippen LogP contribution in [-0.4, -0.2) is 39.2 Å². The van der Waals surface area contributed by atoms with Gasteiger partial charge < -0.3 is 10.1 Å². The molecule has 2 atom stereocenters. The van der Waals surface area contributed by atoms with E-state index < -0.39 is 27.8 Å². The summed E-state index contributed by atoms with van der Waals surface area (Å²) in [6.45, 7) is 0.493. The molecule has 27 heavy (non-hydrogen) atoms. The van der Waals surface area contributed by atoms with E-state index in [1.807, 2.05) is 24.3 Å². The van der Waals surface area contributed by atoms with Gasteiger partial charge in [-0.25, -0.2) is 13.2 Å². The molecule has 2 N–H and O–H groups in total. The number of hydrogen-bond acceptors (Lipinski definition) is 5. The Kier molecular flexibility index (Phi) is 4.32. The number of sulfonamides is 1. The van der Waals surface area contributed by atoms with Gasteiger partial charge in [-0.05, 0) is 31.0 Å². The molecule has 0 aromatic heterocycles. The summed E-state index contributed by atoms with van der Waals surface area (Å²) in [6.07, 6.45) is 0.179. The molecule has 2 heterocycles. The summed E-state index contributed by atoms with van der Waals surface area (Å²) in [5.41, 5.74) is 0.690. The first-order valence-corrected chi connectivity index (χ1v) is 10.3. The number of nitrogens with zero attached hydrogens (tertiary/aromatic N) is 1. The molecule has 0 spiro atoms. The highest BCUT2D eigenvalue weighted by atomic mass is 32.2. The van der Waals surface area contributed by atoms with E-state index in [9.17, 15) is 13.2 Å². The number of anilines is 1. The Morgan fingerprint density at radius 1 is 1.19 bits per heavy atom.